The highest BCUT2D eigenvalue weighted by Gasteiger charge is 2.34. The van der Waals surface area contributed by atoms with Gasteiger partial charge < -0.3 is 4.74 Å². The number of hydrogen-bond donors (Lipinski definition) is 0. The van der Waals surface area contributed by atoms with Crippen molar-refractivity contribution in [2.75, 3.05) is 0 Å². The number of rotatable bonds is 3. The molecule has 1 aromatic rings. The fourth-order valence-electron chi connectivity index (χ4n) is 1.56. The standard InChI is InChI=1S/C12H12Cl4O2/c1-3-9-5-8(6-13)4-7(2)10(9)18-11(17)12(14,15)16/h4-5H,3,6H2,1-2H3. The Labute approximate surface area is 126 Å². The first-order chi connectivity index (χ1) is 8.29. The van der Waals surface area contributed by atoms with Crippen LogP contribution in [0.3, 0.4) is 0 Å². The summed E-state index contributed by atoms with van der Waals surface area (Å²) in [7, 11) is 0. The maximum absolute atomic E-state index is 11.6. The topological polar surface area (TPSA) is 26.3 Å². The number of alkyl halides is 4. The van der Waals surface area contributed by atoms with Gasteiger partial charge in [-0.3, -0.25) is 0 Å². The minimum atomic E-state index is -2.08. The lowest BCUT2D eigenvalue weighted by atomic mass is 10.0. The average molecular weight is 330 g/mol. The van der Waals surface area contributed by atoms with Gasteiger partial charge in [-0.25, -0.2) is 4.79 Å². The minimum Gasteiger partial charge on any atom is -0.423 e. The molecular formula is C12H12Cl4O2. The molecule has 1 aromatic carbocycles. The molecule has 0 N–H and O–H groups in total. The SMILES string of the molecule is CCc1cc(CCl)cc(C)c1OC(=O)C(Cl)(Cl)Cl. The first-order valence-corrected chi connectivity index (χ1v) is 6.93. The van der Waals surface area contributed by atoms with Crippen molar-refractivity contribution in [3.63, 3.8) is 0 Å². The van der Waals surface area contributed by atoms with E-state index in [2.05, 4.69) is 0 Å². The Morgan fingerprint density at radius 3 is 2.39 bits per heavy atom. The van der Waals surface area contributed by atoms with Crippen LogP contribution < -0.4 is 4.74 Å². The monoisotopic (exact) mass is 328 g/mol. The highest BCUT2D eigenvalue weighted by atomic mass is 35.6. The van der Waals surface area contributed by atoms with E-state index < -0.39 is 9.76 Å². The van der Waals surface area contributed by atoms with Gasteiger partial charge >= 0.3 is 5.97 Å². The van der Waals surface area contributed by atoms with E-state index >= 15 is 0 Å². The molecule has 0 bridgehead atoms. The van der Waals surface area contributed by atoms with Gasteiger partial charge in [-0.1, -0.05) is 53.9 Å². The molecule has 0 aliphatic heterocycles. The van der Waals surface area contributed by atoms with E-state index in [9.17, 15) is 4.79 Å². The largest absolute Gasteiger partial charge is 0.423 e. The predicted molar refractivity (Wildman–Crippen MR) is 76.0 cm³/mol. The molecule has 0 saturated carbocycles. The number of carbonyl (C=O) groups excluding carboxylic acids is 1. The number of hydrogen-bond acceptors (Lipinski definition) is 2. The number of halogens is 4. The molecule has 0 heterocycles. The third-order valence-corrected chi connectivity index (χ3v) is 3.14. The summed E-state index contributed by atoms with van der Waals surface area (Å²) in [6.45, 7) is 3.76. The lowest BCUT2D eigenvalue weighted by Gasteiger charge is -2.16. The normalized spacial score (nSPS) is 11.4. The van der Waals surface area contributed by atoms with Crippen molar-refractivity contribution < 1.29 is 9.53 Å². The van der Waals surface area contributed by atoms with Crippen molar-refractivity contribution in [2.45, 2.75) is 29.9 Å². The zero-order valence-electron chi connectivity index (χ0n) is 9.90. The van der Waals surface area contributed by atoms with E-state index in [1.165, 1.54) is 0 Å². The third-order valence-electron chi connectivity index (χ3n) is 2.37. The van der Waals surface area contributed by atoms with Crippen LogP contribution in [0.15, 0.2) is 12.1 Å². The van der Waals surface area contributed by atoms with E-state index in [0.29, 0.717) is 18.1 Å². The number of esters is 1. The van der Waals surface area contributed by atoms with Crippen LogP contribution >= 0.6 is 46.4 Å². The number of benzene rings is 1. The summed E-state index contributed by atoms with van der Waals surface area (Å²) in [6, 6.07) is 3.72. The van der Waals surface area contributed by atoms with Gasteiger partial charge in [-0.15, -0.1) is 11.6 Å². The van der Waals surface area contributed by atoms with E-state index in [1.54, 1.807) is 0 Å². The molecule has 0 saturated heterocycles. The Morgan fingerprint density at radius 1 is 1.33 bits per heavy atom. The summed E-state index contributed by atoms with van der Waals surface area (Å²) >= 11 is 22.2. The molecule has 1 rings (SSSR count). The minimum absolute atomic E-state index is 0.395. The maximum Gasteiger partial charge on any atom is 0.363 e. The first-order valence-electron chi connectivity index (χ1n) is 5.27. The molecule has 0 radical (unpaired) electrons. The average Bonchev–Trinajstić information content (AvgIpc) is 2.29. The number of carbonyl (C=O) groups is 1. The molecule has 0 amide bonds. The van der Waals surface area contributed by atoms with Crippen LogP contribution in [-0.2, 0) is 17.1 Å². The van der Waals surface area contributed by atoms with Gasteiger partial charge in [-0.05, 0) is 30.0 Å². The molecule has 18 heavy (non-hydrogen) atoms. The van der Waals surface area contributed by atoms with E-state index in [0.717, 1.165) is 16.7 Å². The smallest absolute Gasteiger partial charge is 0.363 e. The van der Waals surface area contributed by atoms with Gasteiger partial charge in [0.2, 0.25) is 0 Å². The second kappa shape index (κ2) is 6.33. The van der Waals surface area contributed by atoms with Crippen molar-refractivity contribution in [3.05, 3.63) is 28.8 Å². The molecule has 6 heteroatoms. The highest BCUT2D eigenvalue weighted by molar-refractivity contribution is 6.75. The van der Waals surface area contributed by atoms with Gasteiger partial charge in [0.15, 0.2) is 0 Å². The van der Waals surface area contributed by atoms with E-state index in [-0.39, 0.29) is 0 Å². The van der Waals surface area contributed by atoms with E-state index in [4.69, 9.17) is 51.1 Å². The molecule has 0 atom stereocenters. The molecule has 0 spiro atoms. The van der Waals surface area contributed by atoms with Gasteiger partial charge in [0.25, 0.3) is 3.79 Å². The van der Waals surface area contributed by atoms with Crippen LogP contribution in [0.4, 0.5) is 0 Å². The van der Waals surface area contributed by atoms with Crippen molar-refractivity contribution in [1.82, 2.24) is 0 Å². The lowest BCUT2D eigenvalue weighted by Crippen LogP contribution is -2.25. The lowest BCUT2D eigenvalue weighted by molar-refractivity contribution is -0.133. The van der Waals surface area contributed by atoms with Crippen LogP contribution in [0.2, 0.25) is 0 Å². The predicted octanol–water partition coefficient (Wildman–Crippen LogP) is 4.57. The van der Waals surface area contributed by atoms with Crippen LogP contribution in [0.25, 0.3) is 0 Å². The molecule has 0 unspecified atom stereocenters. The Bertz CT molecular complexity index is 452. The summed E-state index contributed by atoms with van der Waals surface area (Å²) in [6.07, 6.45) is 0.689. The summed E-state index contributed by atoms with van der Waals surface area (Å²) in [5.41, 5.74) is 2.60. The van der Waals surface area contributed by atoms with Gasteiger partial charge in [0.05, 0.1) is 0 Å². The van der Waals surface area contributed by atoms with Crippen molar-refractivity contribution in [2.24, 2.45) is 0 Å². The molecule has 0 fully saturated rings. The number of aryl methyl sites for hydroxylation is 2. The maximum atomic E-state index is 11.6. The zero-order valence-corrected chi connectivity index (χ0v) is 12.9. The van der Waals surface area contributed by atoms with E-state index in [1.807, 2.05) is 26.0 Å². The van der Waals surface area contributed by atoms with Crippen molar-refractivity contribution in [3.8, 4) is 5.75 Å². The molecule has 0 aliphatic rings. The quantitative estimate of drug-likeness (QED) is 0.461. The Kier molecular flexibility index (Phi) is 5.60. The summed E-state index contributed by atoms with van der Waals surface area (Å²) < 4.78 is 3.07. The molecule has 2 nitrogen and oxygen atoms in total. The van der Waals surface area contributed by atoms with Gasteiger partial charge in [0.1, 0.15) is 5.75 Å². The summed E-state index contributed by atoms with van der Waals surface area (Å²) in [5, 5.41) is 0. The fraction of sp³-hybridized carbons (Fsp3) is 0.417. The second-order valence-electron chi connectivity index (χ2n) is 3.78. The molecule has 0 aliphatic carbocycles. The highest BCUT2D eigenvalue weighted by Crippen LogP contribution is 2.32. The Morgan fingerprint density at radius 2 is 1.94 bits per heavy atom. The van der Waals surface area contributed by atoms with Gasteiger partial charge in [-0.2, -0.15) is 0 Å². The molecular weight excluding hydrogens is 318 g/mol. The molecule has 100 valence electrons. The summed E-state index contributed by atoms with van der Waals surface area (Å²) in [5.74, 6) is -0.0846. The second-order valence-corrected chi connectivity index (χ2v) is 6.32. The number of ether oxygens (including phenoxy) is 1. The van der Waals surface area contributed by atoms with Crippen LogP contribution in [0, 0.1) is 6.92 Å². The molecule has 0 aromatic heterocycles. The van der Waals surface area contributed by atoms with Gasteiger partial charge in [0, 0.05) is 5.88 Å². The zero-order chi connectivity index (χ0) is 13.9. The Balaban J connectivity index is 3.13. The van der Waals surface area contributed by atoms with Crippen molar-refractivity contribution >= 4 is 52.4 Å². The van der Waals surface area contributed by atoms with Crippen LogP contribution in [0.5, 0.6) is 5.75 Å². The first kappa shape index (κ1) is 15.9. The third kappa shape index (κ3) is 3.92. The Hall–Kier alpha value is -0.150. The van der Waals surface area contributed by atoms with Crippen LogP contribution in [0.1, 0.15) is 23.6 Å². The summed E-state index contributed by atoms with van der Waals surface area (Å²) in [4.78, 5) is 11.6. The fourth-order valence-corrected chi connectivity index (χ4v) is 1.83. The van der Waals surface area contributed by atoms with Crippen LogP contribution in [-0.4, -0.2) is 9.76 Å². The van der Waals surface area contributed by atoms with Crippen molar-refractivity contribution in [1.29, 1.82) is 0 Å².